The Morgan fingerprint density at radius 3 is 2.37 bits per heavy atom. The topological polar surface area (TPSA) is 49.6 Å². The van der Waals surface area contributed by atoms with Gasteiger partial charge in [0.05, 0.1) is 6.54 Å². The minimum absolute atomic E-state index is 0. The maximum Gasteiger partial charge on any atom is 0.236 e. The van der Waals surface area contributed by atoms with Gasteiger partial charge in [-0.25, -0.2) is 0 Å². The average molecular weight is 290 g/mol. The largest absolute Gasteiger partial charge is 0.342 e. The van der Waals surface area contributed by atoms with Crippen LogP contribution in [-0.4, -0.2) is 54.5 Å². The fourth-order valence-corrected chi connectivity index (χ4v) is 3.05. The zero-order chi connectivity index (χ0) is 13.0. The van der Waals surface area contributed by atoms with Crippen molar-refractivity contribution in [3.63, 3.8) is 0 Å². The van der Waals surface area contributed by atoms with Gasteiger partial charge in [-0.2, -0.15) is 0 Å². The van der Waals surface area contributed by atoms with E-state index >= 15 is 0 Å². The first-order valence-electron chi connectivity index (χ1n) is 7.42. The number of hydrogen-bond acceptors (Lipinski definition) is 3. The van der Waals surface area contributed by atoms with Gasteiger partial charge in [0.25, 0.3) is 0 Å². The molecule has 0 spiro atoms. The van der Waals surface area contributed by atoms with E-state index in [0.717, 1.165) is 32.6 Å². The van der Waals surface area contributed by atoms with Gasteiger partial charge in [-0.05, 0) is 38.6 Å². The Hall–Kier alpha value is -0.320. The highest BCUT2D eigenvalue weighted by Gasteiger charge is 2.27. The van der Waals surface area contributed by atoms with Crippen molar-refractivity contribution in [1.29, 1.82) is 0 Å². The molecular weight excluding hydrogens is 262 g/mol. The highest BCUT2D eigenvalue weighted by atomic mass is 35.5. The summed E-state index contributed by atoms with van der Waals surface area (Å²) >= 11 is 0. The molecule has 2 N–H and O–H groups in total. The number of likely N-dealkylation sites (tertiary alicyclic amines) is 2. The molecule has 2 fully saturated rings. The van der Waals surface area contributed by atoms with Crippen LogP contribution >= 0.6 is 12.4 Å². The summed E-state index contributed by atoms with van der Waals surface area (Å²) in [5.74, 6) is 0.893. The molecule has 0 aromatic carbocycles. The van der Waals surface area contributed by atoms with E-state index in [-0.39, 0.29) is 18.4 Å². The van der Waals surface area contributed by atoms with Crippen LogP contribution in [0.2, 0.25) is 0 Å². The van der Waals surface area contributed by atoms with Crippen LogP contribution in [0.1, 0.15) is 39.0 Å². The predicted molar refractivity (Wildman–Crippen MR) is 80.5 cm³/mol. The monoisotopic (exact) mass is 289 g/mol. The van der Waals surface area contributed by atoms with Gasteiger partial charge < -0.3 is 10.6 Å². The van der Waals surface area contributed by atoms with Crippen LogP contribution in [0.3, 0.4) is 0 Å². The molecule has 2 atom stereocenters. The molecule has 1 amide bonds. The van der Waals surface area contributed by atoms with Crippen LogP contribution in [0.4, 0.5) is 0 Å². The first-order valence-corrected chi connectivity index (χ1v) is 7.42. The number of hydrogen-bond donors (Lipinski definition) is 1. The van der Waals surface area contributed by atoms with E-state index in [1.807, 2.05) is 0 Å². The van der Waals surface area contributed by atoms with Crippen molar-refractivity contribution in [3.05, 3.63) is 0 Å². The van der Waals surface area contributed by atoms with Crippen LogP contribution < -0.4 is 5.73 Å². The fraction of sp³-hybridized carbons (Fsp3) is 0.929. The quantitative estimate of drug-likeness (QED) is 0.856. The Morgan fingerprint density at radius 2 is 1.84 bits per heavy atom. The second kappa shape index (κ2) is 8.08. The normalized spacial score (nSPS) is 26.6. The van der Waals surface area contributed by atoms with Crippen molar-refractivity contribution in [3.8, 4) is 0 Å². The summed E-state index contributed by atoms with van der Waals surface area (Å²) in [6.45, 7) is 6.63. The SMILES string of the molecule is CC(N)C1CCN(CC(=O)N2CCCCCC2)C1.Cl. The number of nitrogens with two attached hydrogens (primary N) is 1. The Labute approximate surface area is 123 Å². The average Bonchev–Trinajstić information content (AvgIpc) is 2.64. The molecular formula is C14H28ClN3O. The third-order valence-corrected chi connectivity index (χ3v) is 4.37. The van der Waals surface area contributed by atoms with Crippen molar-refractivity contribution in [2.24, 2.45) is 11.7 Å². The molecule has 0 aromatic heterocycles. The minimum atomic E-state index is 0. The van der Waals surface area contributed by atoms with Gasteiger partial charge in [0, 0.05) is 25.7 Å². The van der Waals surface area contributed by atoms with Crippen LogP contribution in [0, 0.1) is 5.92 Å². The van der Waals surface area contributed by atoms with E-state index in [2.05, 4.69) is 16.7 Å². The lowest BCUT2D eigenvalue weighted by molar-refractivity contribution is -0.132. The molecule has 2 unspecified atom stereocenters. The molecule has 112 valence electrons. The minimum Gasteiger partial charge on any atom is -0.342 e. The molecule has 0 radical (unpaired) electrons. The Balaban J connectivity index is 0.00000180. The molecule has 2 rings (SSSR count). The second-order valence-corrected chi connectivity index (χ2v) is 5.94. The molecule has 0 aromatic rings. The van der Waals surface area contributed by atoms with Gasteiger partial charge in [-0.3, -0.25) is 9.69 Å². The number of nitrogens with zero attached hydrogens (tertiary/aromatic N) is 2. The Bertz CT molecular complexity index is 278. The smallest absolute Gasteiger partial charge is 0.236 e. The molecule has 0 saturated carbocycles. The van der Waals surface area contributed by atoms with Crippen LogP contribution in [0.5, 0.6) is 0 Å². The molecule has 2 aliphatic rings. The molecule has 0 bridgehead atoms. The fourth-order valence-electron chi connectivity index (χ4n) is 3.05. The summed E-state index contributed by atoms with van der Waals surface area (Å²) in [5.41, 5.74) is 5.93. The summed E-state index contributed by atoms with van der Waals surface area (Å²) in [7, 11) is 0. The third kappa shape index (κ3) is 4.93. The summed E-state index contributed by atoms with van der Waals surface area (Å²) in [5, 5.41) is 0. The second-order valence-electron chi connectivity index (χ2n) is 5.94. The van der Waals surface area contributed by atoms with E-state index in [0.29, 0.717) is 18.4 Å². The predicted octanol–water partition coefficient (Wildman–Crippen LogP) is 1.48. The van der Waals surface area contributed by atoms with Crippen LogP contribution in [-0.2, 0) is 4.79 Å². The van der Waals surface area contributed by atoms with E-state index in [4.69, 9.17) is 5.73 Å². The van der Waals surface area contributed by atoms with Crippen LogP contribution in [0.25, 0.3) is 0 Å². The number of halogens is 1. The zero-order valence-corrected chi connectivity index (χ0v) is 12.8. The Morgan fingerprint density at radius 1 is 1.21 bits per heavy atom. The van der Waals surface area contributed by atoms with E-state index in [1.165, 1.54) is 25.7 Å². The van der Waals surface area contributed by atoms with Crippen molar-refractivity contribution in [2.45, 2.75) is 45.1 Å². The molecule has 2 aliphatic heterocycles. The van der Waals surface area contributed by atoms with Crippen molar-refractivity contribution in [2.75, 3.05) is 32.7 Å². The van der Waals surface area contributed by atoms with Crippen molar-refractivity contribution < 1.29 is 4.79 Å². The van der Waals surface area contributed by atoms with Gasteiger partial charge in [-0.1, -0.05) is 12.8 Å². The zero-order valence-electron chi connectivity index (χ0n) is 12.0. The van der Waals surface area contributed by atoms with E-state index < -0.39 is 0 Å². The molecule has 4 nitrogen and oxygen atoms in total. The van der Waals surface area contributed by atoms with Crippen LogP contribution in [0.15, 0.2) is 0 Å². The maximum absolute atomic E-state index is 12.2. The summed E-state index contributed by atoms with van der Waals surface area (Å²) in [4.78, 5) is 16.6. The first kappa shape index (κ1) is 16.7. The number of amides is 1. The van der Waals surface area contributed by atoms with Crippen molar-refractivity contribution in [1.82, 2.24) is 9.80 Å². The molecule has 0 aliphatic carbocycles. The number of carbonyl (C=O) groups excluding carboxylic acids is 1. The maximum atomic E-state index is 12.2. The van der Waals surface area contributed by atoms with Gasteiger partial charge in [0.2, 0.25) is 5.91 Å². The third-order valence-electron chi connectivity index (χ3n) is 4.37. The highest BCUT2D eigenvalue weighted by molar-refractivity contribution is 5.85. The van der Waals surface area contributed by atoms with Gasteiger partial charge in [0.1, 0.15) is 0 Å². The molecule has 2 heterocycles. The molecule has 2 saturated heterocycles. The highest BCUT2D eigenvalue weighted by Crippen LogP contribution is 2.19. The van der Waals surface area contributed by atoms with Crippen molar-refractivity contribution >= 4 is 18.3 Å². The molecule has 19 heavy (non-hydrogen) atoms. The van der Waals surface area contributed by atoms with Gasteiger partial charge in [0.15, 0.2) is 0 Å². The number of rotatable bonds is 3. The lowest BCUT2D eigenvalue weighted by Crippen LogP contribution is -2.40. The molecule has 5 heteroatoms. The summed E-state index contributed by atoms with van der Waals surface area (Å²) < 4.78 is 0. The van der Waals surface area contributed by atoms with E-state index in [1.54, 1.807) is 0 Å². The van der Waals surface area contributed by atoms with Gasteiger partial charge >= 0.3 is 0 Å². The summed E-state index contributed by atoms with van der Waals surface area (Å²) in [6.07, 6.45) is 6.05. The first-order chi connectivity index (χ1) is 8.66. The lowest BCUT2D eigenvalue weighted by Gasteiger charge is -2.24. The standard InChI is InChI=1S/C14H27N3O.ClH/c1-12(15)13-6-9-16(10-13)11-14(18)17-7-4-2-3-5-8-17;/h12-13H,2-11,15H2,1H3;1H. The summed E-state index contributed by atoms with van der Waals surface area (Å²) in [6, 6.07) is 0.253. The van der Waals surface area contributed by atoms with E-state index in [9.17, 15) is 4.79 Å². The lowest BCUT2D eigenvalue weighted by atomic mass is 10.0. The van der Waals surface area contributed by atoms with Gasteiger partial charge in [-0.15, -0.1) is 12.4 Å². The Kier molecular flexibility index (Phi) is 7.11. The number of carbonyl (C=O) groups is 1.